The number of ether oxygens (including phenoxy) is 1. The minimum Gasteiger partial charge on any atom is -0.496 e. The van der Waals surface area contributed by atoms with Crippen LogP contribution in [0.4, 0.5) is 4.79 Å². The van der Waals surface area contributed by atoms with E-state index in [2.05, 4.69) is 26.3 Å². The van der Waals surface area contributed by atoms with Gasteiger partial charge in [0.15, 0.2) is 0 Å². The van der Waals surface area contributed by atoms with Gasteiger partial charge in [0.1, 0.15) is 11.3 Å². The fraction of sp³-hybridized carbons (Fsp3) is 0.357. The van der Waals surface area contributed by atoms with E-state index in [4.69, 9.17) is 4.74 Å². The molecule has 6 nitrogen and oxygen atoms in total. The van der Waals surface area contributed by atoms with Gasteiger partial charge in [-0.3, -0.25) is 4.79 Å². The summed E-state index contributed by atoms with van der Waals surface area (Å²) < 4.78 is 6.06. The van der Waals surface area contributed by atoms with E-state index < -0.39 is 11.6 Å². The number of imide groups is 1. The van der Waals surface area contributed by atoms with Gasteiger partial charge in [-0.05, 0) is 31.5 Å². The highest BCUT2D eigenvalue weighted by Crippen LogP contribution is 2.23. The third-order valence-corrected chi connectivity index (χ3v) is 3.94. The predicted octanol–water partition coefficient (Wildman–Crippen LogP) is 2.51. The number of nitrogens with zero attached hydrogens (tertiary/aromatic N) is 2. The molecule has 1 aliphatic heterocycles. The predicted molar refractivity (Wildman–Crippen MR) is 82.4 cm³/mol. The van der Waals surface area contributed by atoms with Crippen molar-refractivity contribution in [2.75, 3.05) is 7.11 Å². The Hall–Kier alpha value is -1.89. The minimum absolute atomic E-state index is 0.361. The van der Waals surface area contributed by atoms with Crippen LogP contribution in [0.25, 0.3) is 0 Å². The number of rotatable bonds is 4. The average molecular weight is 354 g/mol. The van der Waals surface area contributed by atoms with Crippen LogP contribution in [0.15, 0.2) is 27.8 Å². The molecule has 1 unspecified atom stereocenters. The van der Waals surface area contributed by atoms with Crippen LogP contribution in [0, 0.1) is 0 Å². The van der Waals surface area contributed by atoms with Crippen molar-refractivity contribution in [3.05, 3.63) is 28.2 Å². The summed E-state index contributed by atoms with van der Waals surface area (Å²) in [6.45, 7) is 3.52. The number of hydrogen-bond acceptors (Lipinski definition) is 4. The van der Waals surface area contributed by atoms with Gasteiger partial charge in [-0.2, -0.15) is 5.10 Å². The second-order valence-electron chi connectivity index (χ2n) is 4.86. The lowest BCUT2D eigenvalue weighted by Crippen LogP contribution is -2.42. The molecule has 1 heterocycles. The van der Waals surface area contributed by atoms with E-state index in [0.29, 0.717) is 17.7 Å². The van der Waals surface area contributed by atoms with E-state index in [1.807, 2.05) is 13.0 Å². The third kappa shape index (κ3) is 2.92. The normalized spacial score (nSPS) is 22.0. The Labute approximate surface area is 131 Å². The summed E-state index contributed by atoms with van der Waals surface area (Å²) in [6.07, 6.45) is 1.94. The highest BCUT2D eigenvalue weighted by molar-refractivity contribution is 9.10. The summed E-state index contributed by atoms with van der Waals surface area (Å²) in [5.74, 6) is 0.243. The van der Waals surface area contributed by atoms with Gasteiger partial charge in [0.2, 0.25) is 0 Å². The number of nitrogens with one attached hydrogen (secondary N) is 1. The first-order chi connectivity index (χ1) is 9.91. The van der Waals surface area contributed by atoms with Gasteiger partial charge in [-0.1, -0.05) is 22.9 Å². The largest absolute Gasteiger partial charge is 0.496 e. The van der Waals surface area contributed by atoms with Gasteiger partial charge < -0.3 is 10.1 Å². The summed E-state index contributed by atoms with van der Waals surface area (Å²) in [5.41, 5.74) is -0.229. The van der Waals surface area contributed by atoms with Crippen LogP contribution >= 0.6 is 15.9 Å². The molecule has 1 fully saturated rings. The molecule has 0 radical (unpaired) electrons. The zero-order chi connectivity index (χ0) is 15.6. The molecule has 3 amide bonds. The molecule has 1 N–H and O–H groups in total. The number of methoxy groups -OCH3 is 1. The highest BCUT2D eigenvalue weighted by atomic mass is 79.9. The van der Waals surface area contributed by atoms with Crippen molar-refractivity contribution >= 4 is 34.1 Å². The first kappa shape index (κ1) is 15.5. The lowest BCUT2D eigenvalue weighted by Gasteiger charge is -2.17. The molecule has 1 aromatic carbocycles. The molecule has 1 aliphatic rings. The van der Waals surface area contributed by atoms with Crippen LogP contribution in [0.5, 0.6) is 5.75 Å². The standard InChI is InChI=1S/C14H16BrN3O3/c1-4-14(2)12(19)18(13(20)17-14)16-8-9-7-10(15)5-6-11(9)21-3/h5-8H,4H2,1-3H3,(H,17,20). The molecule has 2 rings (SSSR count). The van der Waals surface area contributed by atoms with E-state index in [1.165, 1.54) is 6.21 Å². The Morgan fingerprint density at radius 1 is 1.48 bits per heavy atom. The van der Waals surface area contributed by atoms with Crippen molar-refractivity contribution in [3.8, 4) is 5.75 Å². The quantitative estimate of drug-likeness (QED) is 0.667. The Kier molecular flexibility index (Phi) is 4.32. The molecular formula is C14H16BrN3O3. The van der Waals surface area contributed by atoms with E-state index in [0.717, 1.165) is 9.48 Å². The second kappa shape index (κ2) is 5.85. The monoisotopic (exact) mass is 353 g/mol. The van der Waals surface area contributed by atoms with Gasteiger partial charge >= 0.3 is 6.03 Å². The summed E-state index contributed by atoms with van der Waals surface area (Å²) in [5, 5.41) is 7.48. The molecule has 112 valence electrons. The lowest BCUT2D eigenvalue weighted by atomic mass is 10.00. The van der Waals surface area contributed by atoms with E-state index >= 15 is 0 Å². The highest BCUT2D eigenvalue weighted by Gasteiger charge is 2.46. The molecular weight excluding hydrogens is 338 g/mol. The summed E-state index contributed by atoms with van der Waals surface area (Å²) in [4.78, 5) is 24.0. The Balaban J connectivity index is 2.28. The van der Waals surface area contributed by atoms with Crippen molar-refractivity contribution in [1.29, 1.82) is 0 Å². The maximum Gasteiger partial charge on any atom is 0.346 e. The van der Waals surface area contributed by atoms with Crippen molar-refractivity contribution in [2.45, 2.75) is 25.8 Å². The Morgan fingerprint density at radius 3 is 2.76 bits per heavy atom. The molecule has 1 saturated heterocycles. The van der Waals surface area contributed by atoms with Gasteiger partial charge in [-0.15, -0.1) is 5.01 Å². The average Bonchev–Trinajstić information content (AvgIpc) is 2.68. The van der Waals surface area contributed by atoms with Crippen LogP contribution in [-0.4, -0.2) is 35.8 Å². The van der Waals surface area contributed by atoms with Crippen molar-refractivity contribution in [2.24, 2.45) is 5.10 Å². The summed E-state index contributed by atoms with van der Waals surface area (Å²) >= 11 is 3.35. The summed E-state index contributed by atoms with van der Waals surface area (Å²) in [6, 6.07) is 4.88. The molecule has 1 atom stereocenters. The first-order valence-corrected chi connectivity index (χ1v) is 7.25. The number of hydrazone groups is 1. The van der Waals surface area contributed by atoms with Crippen LogP contribution < -0.4 is 10.1 Å². The number of amides is 3. The fourth-order valence-corrected chi connectivity index (χ4v) is 2.32. The number of halogens is 1. The van der Waals surface area contributed by atoms with Gasteiger partial charge in [-0.25, -0.2) is 4.79 Å². The van der Waals surface area contributed by atoms with Crippen molar-refractivity contribution in [1.82, 2.24) is 10.3 Å². The maximum atomic E-state index is 12.2. The SMILES string of the molecule is CCC1(C)NC(=O)N(N=Cc2cc(Br)ccc2OC)C1=O. The van der Waals surface area contributed by atoms with Gasteiger partial charge in [0.05, 0.1) is 13.3 Å². The minimum atomic E-state index is -0.893. The zero-order valence-electron chi connectivity index (χ0n) is 12.0. The van der Waals surface area contributed by atoms with E-state index in [9.17, 15) is 9.59 Å². The van der Waals surface area contributed by atoms with Crippen LogP contribution in [-0.2, 0) is 4.79 Å². The Bertz CT molecular complexity index is 617. The van der Waals surface area contributed by atoms with E-state index in [-0.39, 0.29) is 5.91 Å². The topological polar surface area (TPSA) is 71.0 Å². The second-order valence-corrected chi connectivity index (χ2v) is 5.78. The van der Waals surface area contributed by atoms with Crippen molar-refractivity contribution < 1.29 is 14.3 Å². The molecule has 1 aromatic rings. The number of urea groups is 1. The van der Waals surface area contributed by atoms with Crippen LogP contribution in [0.3, 0.4) is 0 Å². The zero-order valence-corrected chi connectivity index (χ0v) is 13.6. The molecule has 0 spiro atoms. The number of hydrogen-bond donors (Lipinski definition) is 1. The molecule has 21 heavy (non-hydrogen) atoms. The number of carbonyl (C=O) groups excluding carboxylic acids is 2. The van der Waals surface area contributed by atoms with Crippen molar-refractivity contribution in [3.63, 3.8) is 0 Å². The first-order valence-electron chi connectivity index (χ1n) is 6.45. The molecule has 0 saturated carbocycles. The maximum absolute atomic E-state index is 12.2. The fourth-order valence-electron chi connectivity index (χ4n) is 1.94. The third-order valence-electron chi connectivity index (χ3n) is 3.45. The number of carbonyl (C=O) groups is 2. The smallest absolute Gasteiger partial charge is 0.346 e. The molecule has 0 aromatic heterocycles. The molecule has 7 heteroatoms. The van der Waals surface area contributed by atoms with Crippen LogP contribution in [0.2, 0.25) is 0 Å². The number of benzene rings is 1. The van der Waals surface area contributed by atoms with Crippen LogP contribution in [0.1, 0.15) is 25.8 Å². The van der Waals surface area contributed by atoms with Gasteiger partial charge in [0, 0.05) is 10.0 Å². The lowest BCUT2D eigenvalue weighted by molar-refractivity contribution is -0.130. The molecule has 0 bridgehead atoms. The summed E-state index contributed by atoms with van der Waals surface area (Å²) in [7, 11) is 1.54. The van der Waals surface area contributed by atoms with Gasteiger partial charge in [0.25, 0.3) is 5.91 Å². The molecule has 0 aliphatic carbocycles. The Morgan fingerprint density at radius 2 is 2.19 bits per heavy atom. The van der Waals surface area contributed by atoms with E-state index in [1.54, 1.807) is 26.2 Å².